The van der Waals surface area contributed by atoms with Gasteiger partial charge in [-0.15, -0.1) is 0 Å². The van der Waals surface area contributed by atoms with Crippen molar-refractivity contribution in [1.29, 1.82) is 0 Å². The van der Waals surface area contributed by atoms with Crippen molar-refractivity contribution in [3.05, 3.63) is 76.4 Å². The number of hydrogen-bond acceptors (Lipinski definition) is 2. The number of aryl methyl sites for hydroxylation is 1. The Morgan fingerprint density at radius 2 is 1.95 bits per heavy atom. The molecule has 3 heteroatoms. The molecule has 0 fully saturated rings. The monoisotopic (exact) mass is 296 g/mol. The minimum absolute atomic E-state index is 0.145. The summed E-state index contributed by atoms with van der Waals surface area (Å²) in [5.41, 5.74) is 4.67. The van der Waals surface area contributed by atoms with Gasteiger partial charge in [0.2, 0.25) is 0 Å². The van der Waals surface area contributed by atoms with Crippen LogP contribution < -0.4 is 5.32 Å². The summed E-state index contributed by atoms with van der Waals surface area (Å²) in [7, 11) is 1.98. The zero-order valence-corrected chi connectivity index (χ0v) is 12.9. The van der Waals surface area contributed by atoms with Crippen molar-refractivity contribution in [3.63, 3.8) is 0 Å². The van der Waals surface area contributed by atoms with Gasteiger partial charge in [-0.3, -0.25) is 4.98 Å². The van der Waals surface area contributed by atoms with Crippen molar-refractivity contribution >= 4 is 22.5 Å². The second-order valence-electron chi connectivity index (χ2n) is 5.18. The number of benzene rings is 2. The summed E-state index contributed by atoms with van der Waals surface area (Å²) < 4.78 is 0. The van der Waals surface area contributed by atoms with Crippen LogP contribution in [0.4, 0.5) is 0 Å². The smallest absolute Gasteiger partial charge is 0.0702 e. The van der Waals surface area contributed by atoms with Crippen molar-refractivity contribution in [2.75, 3.05) is 7.05 Å². The van der Waals surface area contributed by atoms with E-state index in [-0.39, 0.29) is 6.04 Å². The highest BCUT2D eigenvalue weighted by atomic mass is 35.5. The minimum Gasteiger partial charge on any atom is -0.309 e. The van der Waals surface area contributed by atoms with E-state index < -0.39 is 0 Å². The summed E-state index contributed by atoms with van der Waals surface area (Å²) in [6, 6.07) is 16.6. The topological polar surface area (TPSA) is 24.9 Å². The molecule has 0 spiro atoms. The Morgan fingerprint density at radius 1 is 1.10 bits per heavy atom. The molecule has 0 aliphatic heterocycles. The molecule has 2 nitrogen and oxygen atoms in total. The van der Waals surface area contributed by atoms with Gasteiger partial charge in [-0.1, -0.05) is 29.8 Å². The van der Waals surface area contributed by atoms with Crippen molar-refractivity contribution in [2.45, 2.75) is 13.0 Å². The molecule has 0 aliphatic rings. The SMILES string of the molecule is CNC(c1ccc2ncccc2c1)c1ccc(Cl)cc1C. The Morgan fingerprint density at radius 3 is 2.71 bits per heavy atom. The first-order valence-corrected chi connectivity index (χ1v) is 7.35. The summed E-state index contributed by atoms with van der Waals surface area (Å²) in [5, 5.41) is 5.32. The fraction of sp³-hybridized carbons (Fsp3) is 0.167. The Kier molecular flexibility index (Phi) is 3.91. The number of aromatic nitrogens is 1. The van der Waals surface area contributed by atoms with Gasteiger partial charge in [-0.25, -0.2) is 0 Å². The molecule has 106 valence electrons. The van der Waals surface area contributed by atoms with Crippen LogP contribution in [0.5, 0.6) is 0 Å². The fourth-order valence-corrected chi connectivity index (χ4v) is 2.97. The molecule has 1 atom stereocenters. The number of fused-ring (bicyclic) bond motifs is 1. The molecule has 3 rings (SSSR count). The summed E-state index contributed by atoms with van der Waals surface area (Å²) in [5.74, 6) is 0. The molecule has 0 bridgehead atoms. The van der Waals surface area contributed by atoms with Crippen LogP contribution in [0.1, 0.15) is 22.7 Å². The highest BCUT2D eigenvalue weighted by molar-refractivity contribution is 6.30. The van der Waals surface area contributed by atoms with Gasteiger partial charge in [0.1, 0.15) is 0 Å². The zero-order chi connectivity index (χ0) is 14.8. The maximum absolute atomic E-state index is 6.06. The summed E-state index contributed by atoms with van der Waals surface area (Å²) in [6.45, 7) is 2.09. The van der Waals surface area contributed by atoms with Gasteiger partial charge in [0.05, 0.1) is 11.6 Å². The predicted molar refractivity (Wildman–Crippen MR) is 88.8 cm³/mol. The first-order chi connectivity index (χ1) is 10.2. The van der Waals surface area contributed by atoms with Gasteiger partial charge in [-0.05, 0) is 61.0 Å². The highest BCUT2D eigenvalue weighted by Gasteiger charge is 2.14. The van der Waals surface area contributed by atoms with E-state index in [0.717, 1.165) is 15.9 Å². The molecule has 1 aromatic heterocycles. The Balaban J connectivity index is 2.09. The van der Waals surface area contributed by atoms with Gasteiger partial charge >= 0.3 is 0 Å². The summed E-state index contributed by atoms with van der Waals surface area (Å²) in [6.07, 6.45) is 1.82. The van der Waals surface area contributed by atoms with E-state index in [1.54, 1.807) is 0 Å². The van der Waals surface area contributed by atoms with Crippen molar-refractivity contribution < 1.29 is 0 Å². The first-order valence-electron chi connectivity index (χ1n) is 6.97. The maximum Gasteiger partial charge on any atom is 0.0702 e. The van der Waals surface area contributed by atoms with E-state index >= 15 is 0 Å². The Hall–Kier alpha value is -1.90. The van der Waals surface area contributed by atoms with Crippen LogP contribution in [0.25, 0.3) is 10.9 Å². The van der Waals surface area contributed by atoms with Crippen LogP contribution >= 0.6 is 11.6 Å². The van der Waals surface area contributed by atoms with Gasteiger partial charge in [-0.2, -0.15) is 0 Å². The second kappa shape index (κ2) is 5.84. The van der Waals surface area contributed by atoms with Gasteiger partial charge in [0.15, 0.2) is 0 Å². The normalized spacial score (nSPS) is 12.5. The standard InChI is InChI=1S/C18H17ClN2/c1-12-10-15(19)6-7-16(12)18(20-2)14-5-8-17-13(11-14)4-3-9-21-17/h3-11,18,20H,1-2H3. The lowest BCUT2D eigenvalue weighted by molar-refractivity contribution is 0.688. The van der Waals surface area contributed by atoms with Crippen LogP contribution in [-0.4, -0.2) is 12.0 Å². The summed E-state index contributed by atoms with van der Waals surface area (Å²) >= 11 is 6.06. The molecule has 2 aromatic carbocycles. The molecule has 0 saturated carbocycles. The Labute approximate surface area is 129 Å². The fourth-order valence-electron chi connectivity index (χ4n) is 2.74. The molecular weight excluding hydrogens is 280 g/mol. The molecule has 0 amide bonds. The Bertz CT molecular complexity index is 783. The average Bonchev–Trinajstić information content (AvgIpc) is 2.50. The first kappa shape index (κ1) is 14.1. The summed E-state index contributed by atoms with van der Waals surface area (Å²) in [4.78, 5) is 4.37. The lowest BCUT2D eigenvalue weighted by Gasteiger charge is -2.20. The van der Waals surface area contributed by atoms with Crippen LogP contribution in [0, 0.1) is 6.92 Å². The van der Waals surface area contributed by atoms with E-state index in [9.17, 15) is 0 Å². The predicted octanol–water partition coefficient (Wildman–Crippen LogP) is 4.51. The van der Waals surface area contributed by atoms with E-state index in [1.165, 1.54) is 16.7 Å². The molecule has 0 saturated heterocycles. The number of pyridine rings is 1. The van der Waals surface area contributed by atoms with Gasteiger partial charge < -0.3 is 5.32 Å². The van der Waals surface area contributed by atoms with Crippen LogP contribution in [0.3, 0.4) is 0 Å². The quantitative estimate of drug-likeness (QED) is 0.769. The number of hydrogen-bond donors (Lipinski definition) is 1. The molecule has 1 heterocycles. The molecule has 1 unspecified atom stereocenters. The molecule has 0 aliphatic carbocycles. The number of nitrogens with zero attached hydrogens (tertiary/aromatic N) is 1. The molecule has 3 aromatic rings. The van der Waals surface area contributed by atoms with Crippen LogP contribution in [-0.2, 0) is 0 Å². The van der Waals surface area contributed by atoms with Crippen LogP contribution in [0.2, 0.25) is 5.02 Å². The lowest BCUT2D eigenvalue weighted by Crippen LogP contribution is -2.18. The van der Waals surface area contributed by atoms with Crippen molar-refractivity contribution in [3.8, 4) is 0 Å². The van der Waals surface area contributed by atoms with Gasteiger partial charge in [0, 0.05) is 16.6 Å². The van der Waals surface area contributed by atoms with E-state index in [0.29, 0.717) is 0 Å². The minimum atomic E-state index is 0.145. The zero-order valence-electron chi connectivity index (χ0n) is 12.1. The van der Waals surface area contributed by atoms with Crippen LogP contribution in [0.15, 0.2) is 54.7 Å². The van der Waals surface area contributed by atoms with Gasteiger partial charge in [0.25, 0.3) is 0 Å². The van der Waals surface area contributed by atoms with E-state index in [1.807, 2.05) is 31.4 Å². The molecule has 21 heavy (non-hydrogen) atoms. The van der Waals surface area contributed by atoms with Crippen molar-refractivity contribution in [2.24, 2.45) is 0 Å². The van der Waals surface area contributed by atoms with E-state index in [2.05, 4.69) is 47.6 Å². The largest absolute Gasteiger partial charge is 0.309 e. The highest BCUT2D eigenvalue weighted by Crippen LogP contribution is 2.28. The molecular formula is C18H17ClN2. The third-order valence-corrected chi connectivity index (χ3v) is 4.03. The second-order valence-corrected chi connectivity index (χ2v) is 5.61. The number of rotatable bonds is 3. The number of nitrogens with one attached hydrogen (secondary N) is 1. The lowest BCUT2D eigenvalue weighted by atomic mass is 9.94. The number of halogens is 1. The van der Waals surface area contributed by atoms with E-state index in [4.69, 9.17) is 11.6 Å². The maximum atomic E-state index is 6.06. The molecule has 0 radical (unpaired) electrons. The third-order valence-electron chi connectivity index (χ3n) is 3.79. The van der Waals surface area contributed by atoms with Crippen molar-refractivity contribution in [1.82, 2.24) is 10.3 Å². The molecule has 1 N–H and O–H groups in total. The average molecular weight is 297 g/mol. The third kappa shape index (κ3) is 2.78.